The van der Waals surface area contributed by atoms with Crippen molar-refractivity contribution in [3.63, 3.8) is 0 Å². The predicted molar refractivity (Wildman–Crippen MR) is 178 cm³/mol. The minimum absolute atomic E-state index is 0.0160. The Morgan fingerprint density at radius 3 is 2.15 bits per heavy atom. The van der Waals surface area contributed by atoms with Crippen molar-refractivity contribution in [1.29, 1.82) is 5.41 Å². The Kier molecular flexibility index (Phi) is 17.9. The van der Waals surface area contributed by atoms with Crippen molar-refractivity contribution in [3.8, 4) is 11.5 Å². The third kappa shape index (κ3) is 18.3. The van der Waals surface area contributed by atoms with Crippen LogP contribution in [-0.4, -0.2) is 112 Å². The molecule has 2 heterocycles. The van der Waals surface area contributed by atoms with E-state index in [2.05, 4.69) is 19.7 Å². The van der Waals surface area contributed by atoms with Gasteiger partial charge in [0, 0.05) is 45.2 Å². The molecule has 4 rings (SSSR count). The maximum atomic E-state index is 10.6. The number of carboxylic acid groups (broad SMARTS) is 1. The Hall–Kier alpha value is -5.77. The molecule has 1 aromatic heterocycles. The lowest BCUT2D eigenvalue weighted by atomic mass is 10.1. The number of ether oxygens (including phenoxy) is 1. The molecule has 264 valence electrons. The second-order valence-electron chi connectivity index (χ2n) is 9.40. The minimum Gasteiger partial charge on any atom is -0.508 e. The van der Waals surface area contributed by atoms with Crippen molar-refractivity contribution in [2.45, 2.75) is 13.3 Å². The molecule has 0 saturated carbocycles. The van der Waals surface area contributed by atoms with Gasteiger partial charge in [0.1, 0.15) is 23.6 Å². The average Bonchev–Trinajstić information content (AvgIpc) is 3.48. The zero-order valence-corrected chi connectivity index (χ0v) is 27.3. The molecule has 1 amide bonds. The number of hydrogen-bond acceptors (Lipinski definition) is 11. The summed E-state index contributed by atoms with van der Waals surface area (Å²) >= 11 is 0. The summed E-state index contributed by atoms with van der Waals surface area (Å²) in [7, 11) is 0.438. The summed E-state index contributed by atoms with van der Waals surface area (Å²) in [6, 6.07) is 11.3. The Morgan fingerprint density at radius 1 is 1.17 bits per heavy atom. The predicted octanol–water partition coefficient (Wildman–Crippen LogP) is -0.439. The van der Waals surface area contributed by atoms with E-state index in [0.717, 1.165) is 22.9 Å². The number of rotatable bonds is 4. The number of aliphatic imine (C=N–C) groups is 2. The number of guanidine groups is 3. The van der Waals surface area contributed by atoms with Gasteiger partial charge in [-0.25, -0.2) is 4.79 Å². The number of carbonyl (C=O) groups is 3. The first-order valence-corrected chi connectivity index (χ1v) is 14.7. The molecule has 0 spiro atoms. The fraction of sp³-hybridized carbons (Fsp3) is 0.259. The van der Waals surface area contributed by atoms with Crippen LogP contribution in [0, 0.1) is 5.41 Å². The van der Waals surface area contributed by atoms with Crippen LogP contribution in [0.2, 0.25) is 0 Å². The Bertz CT molecular complexity index is 1710. The molecule has 14 N–H and O–H groups in total. The number of para-hydroxylation sites is 1. The number of nitrogens with zero attached hydrogens (tertiary/aromatic N) is 4. The number of nitrogens with two attached hydrogens (primary N) is 4. The van der Waals surface area contributed by atoms with E-state index >= 15 is 0 Å². The second-order valence-corrected chi connectivity index (χ2v) is 10.3. The van der Waals surface area contributed by atoms with E-state index in [4.69, 9.17) is 51.0 Å². The van der Waals surface area contributed by atoms with Crippen LogP contribution in [-0.2, 0) is 26.4 Å². The molecule has 48 heavy (non-hydrogen) atoms. The highest BCUT2D eigenvalue weighted by Gasteiger charge is 2.15. The molecule has 0 aliphatic carbocycles. The minimum atomic E-state index is -4.67. The molecule has 2 aromatic carbocycles. The number of aromatic amines is 1. The first kappa shape index (κ1) is 42.2. The fourth-order valence-corrected chi connectivity index (χ4v) is 3.17. The number of esters is 1. The summed E-state index contributed by atoms with van der Waals surface area (Å²) in [6.07, 6.45) is 2.78. The number of H-pyrrole nitrogens is 1. The van der Waals surface area contributed by atoms with Crippen LogP contribution >= 0.6 is 0 Å². The molecular weight excluding hydrogens is 656 g/mol. The van der Waals surface area contributed by atoms with Crippen molar-refractivity contribution in [2.24, 2.45) is 32.9 Å². The number of hydrogen-bond donors (Lipinski definition) is 10. The van der Waals surface area contributed by atoms with E-state index in [9.17, 15) is 19.5 Å². The normalized spacial score (nSPS) is 11.4. The molecule has 0 radical (unpaired) electrons. The van der Waals surface area contributed by atoms with Crippen molar-refractivity contribution >= 4 is 57.0 Å². The lowest BCUT2D eigenvalue weighted by molar-refractivity contribution is -0.131. The number of aromatic carboxylic acids is 1. The van der Waals surface area contributed by atoms with E-state index in [1.807, 2.05) is 12.3 Å². The first-order valence-electron chi connectivity index (χ1n) is 13.3. The molecule has 0 unspecified atom stereocenters. The highest BCUT2D eigenvalue weighted by molar-refractivity contribution is 7.79. The van der Waals surface area contributed by atoms with Crippen molar-refractivity contribution in [1.82, 2.24) is 14.8 Å². The Morgan fingerprint density at radius 2 is 1.75 bits per heavy atom. The number of aromatic nitrogens is 1. The average molecular weight is 697 g/mol. The number of fused-ring (bicyclic) bond motifs is 1. The summed E-state index contributed by atoms with van der Waals surface area (Å²) in [5, 5.41) is 26.1. The number of phenolic OH excluding ortho intramolecular Hbond substituents is 1. The summed E-state index contributed by atoms with van der Waals surface area (Å²) in [4.78, 5) is 44.7. The van der Waals surface area contributed by atoms with Crippen molar-refractivity contribution in [3.05, 3.63) is 59.8 Å². The fourth-order valence-electron chi connectivity index (χ4n) is 3.17. The van der Waals surface area contributed by atoms with Gasteiger partial charge in [-0.1, -0.05) is 12.1 Å². The van der Waals surface area contributed by atoms with Gasteiger partial charge in [0.25, 0.3) is 5.91 Å². The van der Waals surface area contributed by atoms with E-state index in [0.29, 0.717) is 24.8 Å². The second kappa shape index (κ2) is 20.4. The van der Waals surface area contributed by atoms with Gasteiger partial charge in [0.05, 0.1) is 0 Å². The van der Waals surface area contributed by atoms with Gasteiger partial charge in [0.2, 0.25) is 5.96 Å². The third-order valence-corrected chi connectivity index (χ3v) is 5.20. The summed E-state index contributed by atoms with van der Waals surface area (Å²) < 4.78 is 36.3. The molecule has 0 atom stereocenters. The SMILES string of the molecule is CC(=O)Oc1ccccc1C(=O)O.CN(C)C(=N)N=C(N)N.CN1CC(=O)N=C1N.NCCc1c[nH]c2ccc(O)cc12.O=S(=O)(O)O. The van der Waals surface area contributed by atoms with Crippen LogP contribution in [0.3, 0.4) is 0 Å². The van der Waals surface area contributed by atoms with Gasteiger partial charge in [0.15, 0.2) is 11.9 Å². The smallest absolute Gasteiger partial charge is 0.394 e. The lowest BCUT2D eigenvalue weighted by Crippen LogP contribution is -2.29. The third-order valence-electron chi connectivity index (χ3n) is 5.20. The number of nitrogens with one attached hydrogen (secondary N) is 2. The summed E-state index contributed by atoms with van der Waals surface area (Å²) in [5.41, 5.74) is 22.9. The number of amides is 1. The topological polar surface area (TPSA) is 350 Å². The monoisotopic (exact) mass is 696 g/mol. The number of carboxylic acids is 1. The zero-order valence-electron chi connectivity index (χ0n) is 26.5. The van der Waals surface area contributed by atoms with Crippen LogP contribution in [0.5, 0.6) is 11.5 Å². The van der Waals surface area contributed by atoms with Crippen LogP contribution in [0.25, 0.3) is 10.9 Å². The number of likely N-dealkylation sites (N-methyl/N-ethyl adjacent to an activating group) is 1. The van der Waals surface area contributed by atoms with Crippen molar-refractivity contribution in [2.75, 3.05) is 34.2 Å². The van der Waals surface area contributed by atoms with Crippen LogP contribution < -0.4 is 27.7 Å². The van der Waals surface area contributed by atoms with Crippen molar-refractivity contribution < 1.29 is 46.9 Å². The summed E-state index contributed by atoms with van der Waals surface area (Å²) in [5.74, 6) is -1.16. The molecular formula is C27H40N10O10S. The molecule has 0 fully saturated rings. The standard InChI is InChI=1S/C10H12N2O.C9H8O4.C4H11N5.C4H7N3O.H2O4S/c11-4-3-7-6-12-10-2-1-8(13)5-9(7)10;1-6(10)13-8-5-3-2-4-7(8)9(11)12;1-9(2)4(7)8-3(5)6;1-7-2-3(8)6-4(7)5;1-5(2,3)4/h1-2,5-6,12-13H,3-4,11H2;2-5H,1H3,(H,11,12);1-2H3,(H5,5,6,7,8);2H2,1H3,(H2,5,6,8);(H2,1,2,3,4). The van der Waals surface area contributed by atoms with E-state index in [1.165, 1.54) is 24.0 Å². The van der Waals surface area contributed by atoms with Crippen LogP contribution in [0.1, 0.15) is 22.8 Å². The van der Waals surface area contributed by atoms with Gasteiger partial charge in [-0.2, -0.15) is 18.4 Å². The number of aromatic hydroxyl groups is 1. The maximum absolute atomic E-state index is 10.6. The maximum Gasteiger partial charge on any atom is 0.394 e. The van der Waals surface area contributed by atoms with Gasteiger partial charge < -0.3 is 52.7 Å². The summed E-state index contributed by atoms with van der Waals surface area (Å²) in [6.45, 7) is 2.17. The number of phenols is 1. The van der Waals surface area contributed by atoms with Gasteiger partial charge >= 0.3 is 22.3 Å². The number of benzene rings is 2. The van der Waals surface area contributed by atoms with E-state index in [-0.39, 0.29) is 29.1 Å². The van der Waals surface area contributed by atoms with Crippen LogP contribution in [0.15, 0.2) is 58.6 Å². The molecule has 0 bridgehead atoms. The van der Waals surface area contributed by atoms with Gasteiger partial charge in [-0.05, 0) is 48.9 Å². The Labute approximate surface area is 275 Å². The molecule has 0 saturated heterocycles. The van der Waals surface area contributed by atoms with Gasteiger partial charge in [-0.3, -0.25) is 24.1 Å². The largest absolute Gasteiger partial charge is 0.508 e. The van der Waals surface area contributed by atoms with E-state index in [1.54, 1.807) is 50.3 Å². The highest BCUT2D eigenvalue weighted by Crippen LogP contribution is 2.22. The first-order chi connectivity index (χ1) is 22.2. The van der Waals surface area contributed by atoms with Crippen LogP contribution in [0.4, 0.5) is 0 Å². The number of carbonyl (C=O) groups excluding carboxylic acids is 2. The van der Waals surface area contributed by atoms with E-state index < -0.39 is 22.3 Å². The molecule has 1 aliphatic heterocycles. The zero-order chi connectivity index (χ0) is 37.2. The molecule has 21 heteroatoms. The highest BCUT2D eigenvalue weighted by atomic mass is 32.3. The molecule has 20 nitrogen and oxygen atoms in total. The molecule has 3 aromatic rings. The lowest BCUT2D eigenvalue weighted by Gasteiger charge is -2.07. The van der Waals surface area contributed by atoms with Gasteiger partial charge in [-0.15, -0.1) is 0 Å². The molecule has 1 aliphatic rings. The quantitative estimate of drug-likeness (QED) is 0.0543. The Balaban J connectivity index is 0.000000597.